The average molecular weight is 372 g/mol. The van der Waals surface area contributed by atoms with Crippen LogP contribution in [0.15, 0.2) is 54.6 Å². The van der Waals surface area contributed by atoms with Crippen molar-refractivity contribution in [3.63, 3.8) is 0 Å². The number of amides is 1. The lowest BCUT2D eigenvalue weighted by Gasteiger charge is -2.33. The second-order valence-corrected chi connectivity index (χ2v) is 6.50. The van der Waals surface area contributed by atoms with Gasteiger partial charge in [0.05, 0.1) is 18.7 Å². The van der Waals surface area contributed by atoms with Gasteiger partial charge >= 0.3 is 18.5 Å². The fraction of sp³-hybridized carbons (Fsp3) is 0.300. The number of quaternary nitrogens is 1. The molecule has 7 nitrogen and oxygen atoms in total. The third kappa shape index (κ3) is 4.27. The topological polar surface area (TPSA) is 93.1 Å². The van der Waals surface area contributed by atoms with Crippen LogP contribution in [-0.4, -0.2) is 46.3 Å². The Morgan fingerprint density at radius 3 is 2.22 bits per heavy atom. The normalized spacial score (nSPS) is 16.5. The molecule has 0 saturated carbocycles. The minimum absolute atomic E-state index is 0.115. The summed E-state index contributed by atoms with van der Waals surface area (Å²) in [6.07, 6.45) is -0.407. The number of nitrogens with zero attached hydrogens (tertiary/aromatic N) is 1. The molecule has 1 saturated heterocycles. The van der Waals surface area contributed by atoms with E-state index in [9.17, 15) is 14.7 Å². The summed E-state index contributed by atoms with van der Waals surface area (Å²) < 4.78 is 10.7. The fourth-order valence-electron chi connectivity index (χ4n) is 3.14. The van der Waals surface area contributed by atoms with Crippen molar-refractivity contribution in [3.05, 3.63) is 65.7 Å². The van der Waals surface area contributed by atoms with Crippen LogP contribution in [0, 0.1) is 0 Å². The number of likely N-dealkylation sites (tertiary alicyclic amines) is 1. The van der Waals surface area contributed by atoms with Crippen molar-refractivity contribution in [1.82, 2.24) is 0 Å². The van der Waals surface area contributed by atoms with Crippen molar-refractivity contribution in [2.24, 2.45) is 0 Å². The lowest BCUT2D eigenvalue weighted by atomic mass is 10.2. The highest BCUT2D eigenvalue weighted by atomic mass is 16.6. The molecule has 1 fully saturated rings. The number of carboxylic acids is 1. The maximum absolute atomic E-state index is 12.7. The molecule has 1 amide bonds. The second-order valence-electron chi connectivity index (χ2n) is 6.50. The fourth-order valence-corrected chi connectivity index (χ4v) is 3.14. The van der Waals surface area contributed by atoms with Crippen LogP contribution < -0.4 is 4.74 Å². The second kappa shape index (κ2) is 8.20. The number of carbonyl (C=O) groups is 2. The summed E-state index contributed by atoms with van der Waals surface area (Å²) in [4.78, 5) is 23.7. The molecular weight excluding hydrogens is 350 g/mol. The zero-order valence-corrected chi connectivity index (χ0v) is 14.8. The molecule has 1 atom stereocenters. The number of carboxylic acid groups (broad SMARTS) is 1. The van der Waals surface area contributed by atoms with Crippen molar-refractivity contribution < 1.29 is 33.8 Å². The highest BCUT2D eigenvalue weighted by molar-refractivity contribution is 5.87. The van der Waals surface area contributed by atoms with Crippen molar-refractivity contribution in [2.75, 3.05) is 13.1 Å². The Morgan fingerprint density at radius 2 is 1.63 bits per heavy atom. The predicted octanol–water partition coefficient (Wildman–Crippen LogP) is 2.99. The van der Waals surface area contributed by atoms with Crippen LogP contribution in [0.25, 0.3) is 0 Å². The first-order valence-corrected chi connectivity index (χ1v) is 8.77. The minimum atomic E-state index is -1.42. The van der Waals surface area contributed by atoms with Crippen LogP contribution in [0.1, 0.15) is 28.8 Å². The first-order valence-electron chi connectivity index (χ1n) is 8.77. The van der Waals surface area contributed by atoms with E-state index in [4.69, 9.17) is 14.6 Å². The number of carbonyl (C=O) groups excluding carboxylic acids is 1. The number of benzene rings is 2. The maximum Gasteiger partial charge on any atom is 0.521 e. The van der Waals surface area contributed by atoms with E-state index in [-0.39, 0.29) is 22.4 Å². The molecule has 2 N–H and O–H groups in total. The Bertz CT molecular complexity index is 784. The van der Waals surface area contributed by atoms with Gasteiger partial charge in [-0.3, -0.25) is 0 Å². The molecule has 2 aromatic rings. The zero-order chi connectivity index (χ0) is 19.3. The van der Waals surface area contributed by atoms with E-state index >= 15 is 0 Å². The molecule has 0 bridgehead atoms. The number of hydrogen-bond donors (Lipinski definition) is 2. The highest BCUT2D eigenvalue weighted by Gasteiger charge is 2.49. The van der Waals surface area contributed by atoms with Crippen LogP contribution >= 0.6 is 0 Å². The van der Waals surface area contributed by atoms with Crippen LogP contribution in [-0.2, 0) is 11.3 Å². The Kier molecular flexibility index (Phi) is 5.73. The largest absolute Gasteiger partial charge is 0.521 e. The molecular formula is C20H22NO6+. The third-order valence-corrected chi connectivity index (χ3v) is 4.70. The van der Waals surface area contributed by atoms with Crippen LogP contribution in [0.5, 0.6) is 5.75 Å². The van der Waals surface area contributed by atoms with Crippen molar-refractivity contribution in [2.45, 2.75) is 25.9 Å². The number of hydrogen-bond acceptors (Lipinski definition) is 5. The van der Waals surface area contributed by atoms with E-state index in [1.807, 2.05) is 30.3 Å². The summed E-state index contributed by atoms with van der Waals surface area (Å²) >= 11 is 0. The maximum atomic E-state index is 12.7. The molecule has 1 heterocycles. The summed E-state index contributed by atoms with van der Waals surface area (Å²) in [5.41, 5.74) is 0.979. The molecule has 7 heteroatoms. The monoisotopic (exact) mass is 372 g/mol. The van der Waals surface area contributed by atoms with Gasteiger partial charge < -0.3 is 19.7 Å². The lowest BCUT2D eigenvalue weighted by molar-refractivity contribution is -0.915. The molecule has 3 rings (SSSR count). The molecule has 0 aliphatic carbocycles. The van der Waals surface area contributed by atoms with Gasteiger partial charge in [-0.2, -0.15) is 9.28 Å². The Morgan fingerprint density at radius 1 is 1.00 bits per heavy atom. The Balaban J connectivity index is 1.69. The van der Waals surface area contributed by atoms with Crippen LogP contribution in [0.3, 0.4) is 0 Å². The average Bonchev–Trinajstić information content (AvgIpc) is 3.18. The molecule has 142 valence electrons. The molecule has 27 heavy (non-hydrogen) atoms. The van der Waals surface area contributed by atoms with Crippen LogP contribution in [0.2, 0.25) is 0 Å². The lowest BCUT2D eigenvalue weighted by Crippen LogP contribution is -2.59. The summed E-state index contributed by atoms with van der Waals surface area (Å²) in [6.45, 7) is 0.962. The Labute approximate surface area is 157 Å². The van der Waals surface area contributed by atoms with Gasteiger partial charge in [-0.15, -0.1) is 0 Å². The van der Waals surface area contributed by atoms with E-state index in [0.717, 1.165) is 18.4 Å². The summed E-state index contributed by atoms with van der Waals surface area (Å²) in [6, 6.07) is 15.0. The van der Waals surface area contributed by atoms with E-state index in [2.05, 4.69) is 0 Å². The number of rotatable bonds is 6. The molecule has 1 aliphatic heterocycles. The van der Waals surface area contributed by atoms with E-state index in [1.165, 1.54) is 24.3 Å². The quantitative estimate of drug-likeness (QED) is 0.598. The standard InChI is InChI=1S/C20H21NO6/c22-18(23)16-8-10-17(11-9-16)27-20(25)21(12-4-5-13-21)19(24)26-14-15-6-2-1-3-7-15/h1-3,6-11,20,25H,4-5,12-14H2/p+1. The first kappa shape index (κ1) is 18.9. The molecule has 0 spiro atoms. The van der Waals surface area contributed by atoms with Crippen LogP contribution in [0.4, 0.5) is 4.79 Å². The zero-order valence-electron chi connectivity index (χ0n) is 14.8. The number of aliphatic hydroxyl groups excluding tert-OH is 1. The van der Waals surface area contributed by atoms with Crippen molar-refractivity contribution in [3.8, 4) is 5.75 Å². The molecule has 2 aromatic carbocycles. The van der Waals surface area contributed by atoms with Gasteiger partial charge in [0.15, 0.2) is 0 Å². The smallest absolute Gasteiger partial charge is 0.478 e. The van der Waals surface area contributed by atoms with Gasteiger partial charge in [0.2, 0.25) is 0 Å². The van der Waals surface area contributed by atoms with Gasteiger partial charge in [-0.1, -0.05) is 30.3 Å². The van der Waals surface area contributed by atoms with E-state index < -0.39 is 18.5 Å². The van der Waals surface area contributed by atoms with Crippen molar-refractivity contribution >= 4 is 12.1 Å². The molecule has 0 radical (unpaired) electrons. The van der Waals surface area contributed by atoms with E-state index in [0.29, 0.717) is 13.1 Å². The van der Waals surface area contributed by atoms with Gasteiger partial charge in [0.25, 0.3) is 0 Å². The summed E-state index contributed by atoms with van der Waals surface area (Å²) in [7, 11) is 0. The Hall–Kier alpha value is -2.90. The van der Waals surface area contributed by atoms with Gasteiger partial charge in [-0.25, -0.2) is 4.79 Å². The summed E-state index contributed by atoms with van der Waals surface area (Å²) in [5.74, 6) is -0.762. The summed E-state index contributed by atoms with van der Waals surface area (Å²) in [5, 5.41) is 19.6. The SMILES string of the molecule is O=C(O)c1ccc(OC(O)[N+]2(C(=O)OCc3ccccc3)CCCC2)cc1. The minimum Gasteiger partial charge on any atom is -0.478 e. The number of aromatic carboxylic acids is 1. The van der Waals surface area contributed by atoms with Gasteiger partial charge in [-0.05, 0) is 29.8 Å². The molecule has 1 unspecified atom stereocenters. The van der Waals surface area contributed by atoms with Gasteiger partial charge in [0, 0.05) is 12.8 Å². The highest BCUT2D eigenvalue weighted by Crippen LogP contribution is 2.27. The van der Waals surface area contributed by atoms with E-state index in [1.54, 1.807) is 0 Å². The first-order chi connectivity index (χ1) is 13.0. The van der Waals surface area contributed by atoms with Crippen molar-refractivity contribution in [1.29, 1.82) is 0 Å². The number of aliphatic hydroxyl groups is 1. The third-order valence-electron chi connectivity index (χ3n) is 4.70. The molecule has 1 aliphatic rings. The number of ether oxygens (including phenoxy) is 2. The molecule has 0 aromatic heterocycles. The predicted molar refractivity (Wildman–Crippen MR) is 95.9 cm³/mol. The van der Waals surface area contributed by atoms with Gasteiger partial charge in [0.1, 0.15) is 12.4 Å².